The van der Waals surface area contributed by atoms with Gasteiger partial charge in [0.2, 0.25) is 5.91 Å². The lowest BCUT2D eigenvalue weighted by Gasteiger charge is -2.31. The number of hydrogen-bond donors (Lipinski definition) is 1. The van der Waals surface area contributed by atoms with Crippen molar-refractivity contribution in [1.82, 2.24) is 4.90 Å². The van der Waals surface area contributed by atoms with Crippen LogP contribution in [-0.2, 0) is 14.9 Å². The second kappa shape index (κ2) is 6.94. The zero-order valence-corrected chi connectivity index (χ0v) is 17.1. The van der Waals surface area contributed by atoms with Crippen LogP contribution in [-0.4, -0.2) is 35.6 Å². The van der Waals surface area contributed by atoms with Crippen LogP contribution < -0.4 is 5.32 Å². The summed E-state index contributed by atoms with van der Waals surface area (Å²) in [7, 11) is 0. The van der Waals surface area contributed by atoms with E-state index in [1.165, 1.54) is 17.6 Å². The van der Waals surface area contributed by atoms with E-state index in [2.05, 4.69) is 29.6 Å². The largest absolute Gasteiger partial charge is 0.444 e. The number of nitrogens with one attached hydrogen (secondary N) is 1. The van der Waals surface area contributed by atoms with Crippen molar-refractivity contribution in [1.29, 1.82) is 0 Å². The molecule has 3 aliphatic rings. The highest BCUT2D eigenvalue weighted by molar-refractivity contribution is 6.06. The number of ether oxygens (including phenoxy) is 1. The average Bonchev–Trinajstić information content (AvgIpc) is 2.92. The lowest BCUT2D eigenvalue weighted by Crippen LogP contribution is -2.39. The molecule has 4 rings (SSSR count). The molecular weight excluding hydrogens is 352 g/mol. The SMILES string of the molecule is CC(C)(C)OC(=O)N1CC=C(c2ccc3c(c2)NC(=O)C32CCCCC2)CC1. The molecule has 1 fully saturated rings. The van der Waals surface area contributed by atoms with Crippen LogP contribution in [0.4, 0.5) is 10.5 Å². The highest BCUT2D eigenvalue weighted by Crippen LogP contribution is 2.48. The van der Waals surface area contributed by atoms with Gasteiger partial charge in [-0.3, -0.25) is 4.79 Å². The number of carbonyl (C=O) groups excluding carboxylic acids is 2. The molecule has 2 aliphatic heterocycles. The molecule has 1 N–H and O–H groups in total. The monoisotopic (exact) mass is 382 g/mol. The van der Waals surface area contributed by atoms with Gasteiger partial charge in [-0.15, -0.1) is 0 Å². The molecule has 0 unspecified atom stereocenters. The van der Waals surface area contributed by atoms with Crippen molar-refractivity contribution in [3.8, 4) is 0 Å². The summed E-state index contributed by atoms with van der Waals surface area (Å²) in [6.45, 7) is 6.85. The maximum Gasteiger partial charge on any atom is 0.410 e. The fraction of sp³-hybridized carbons (Fsp3) is 0.565. The third kappa shape index (κ3) is 3.43. The van der Waals surface area contributed by atoms with E-state index in [4.69, 9.17) is 4.74 Å². The second-order valence-electron chi connectivity index (χ2n) is 9.26. The number of carbonyl (C=O) groups is 2. The van der Waals surface area contributed by atoms with Gasteiger partial charge < -0.3 is 15.0 Å². The van der Waals surface area contributed by atoms with Crippen molar-refractivity contribution < 1.29 is 14.3 Å². The van der Waals surface area contributed by atoms with Crippen molar-refractivity contribution in [2.45, 2.75) is 70.3 Å². The lowest BCUT2D eigenvalue weighted by molar-refractivity contribution is -0.121. The maximum absolute atomic E-state index is 12.7. The molecule has 28 heavy (non-hydrogen) atoms. The third-order valence-corrected chi connectivity index (χ3v) is 6.16. The van der Waals surface area contributed by atoms with E-state index in [9.17, 15) is 9.59 Å². The molecule has 2 heterocycles. The summed E-state index contributed by atoms with van der Waals surface area (Å²) in [4.78, 5) is 26.7. The van der Waals surface area contributed by atoms with E-state index in [1.54, 1.807) is 4.90 Å². The molecular formula is C23H30N2O3. The molecule has 0 atom stereocenters. The van der Waals surface area contributed by atoms with E-state index in [-0.39, 0.29) is 17.4 Å². The van der Waals surface area contributed by atoms with E-state index in [1.807, 2.05) is 20.8 Å². The summed E-state index contributed by atoms with van der Waals surface area (Å²) in [5.41, 5.74) is 3.72. The predicted molar refractivity (Wildman–Crippen MR) is 110 cm³/mol. The molecule has 1 aromatic rings. The zero-order valence-electron chi connectivity index (χ0n) is 17.1. The number of benzene rings is 1. The Kier molecular flexibility index (Phi) is 4.72. The van der Waals surface area contributed by atoms with Crippen molar-refractivity contribution in [3.05, 3.63) is 35.4 Å². The van der Waals surface area contributed by atoms with Crippen LogP contribution in [0, 0.1) is 0 Å². The highest BCUT2D eigenvalue weighted by atomic mass is 16.6. The summed E-state index contributed by atoms with van der Waals surface area (Å²) < 4.78 is 5.46. The van der Waals surface area contributed by atoms with E-state index >= 15 is 0 Å². The molecule has 5 nitrogen and oxygen atoms in total. The van der Waals surface area contributed by atoms with E-state index in [0.29, 0.717) is 13.1 Å². The first kappa shape index (κ1) is 19.0. The predicted octanol–water partition coefficient (Wildman–Crippen LogP) is 4.86. The van der Waals surface area contributed by atoms with Crippen LogP contribution in [0.25, 0.3) is 5.57 Å². The molecule has 0 radical (unpaired) electrons. The summed E-state index contributed by atoms with van der Waals surface area (Å²) in [6, 6.07) is 6.41. The van der Waals surface area contributed by atoms with Crippen molar-refractivity contribution >= 4 is 23.3 Å². The van der Waals surface area contributed by atoms with Gasteiger partial charge >= 0.3 is 6.09 Å². The van der Waals surface area contributed by atoms with Crippen LogP contribution >= 0.6 is 0 Å². The number of hydrogen-bond acceptors (Lipinski definition) is 3. The smallest absolute Gasteiger partial charge is 0.410 e. The molecule has 150 valence electrons. The Labute approximate surface area is 167 Å². The van der Waals surface area contributed by atoms with Crippen molar-refractivity contribution in [2.75, 3.05) is 18.4 Å². The van der Waals surface area contributed by atoms with Crippen LogP contribution in [0.15, 0.2) is 24.3 Å². The number of fused-ring (bicyclic) bond motifs is 2. The number of amides is 2. The standard InChI is InChI=1S/C23H30N2O3/c1-22(2,3)28-21(27)25-13-9-16(10-14-25)17-7-8-18-19(15-17)24-20(26)23(18)11-5-4-6-12-23/h7-9,15H,4-6,10-14H2,1-3H3,(H,24,26). The lowest BCUT2D eigenvalue weighted by atomic mass is 9.70. The highest BCUT2D eigenvalue weighted by Gasteiger charge is 2.47. The topological polar surface area (TPSA) is 58.6 Å². The fourth-order valence-corrected chi connectivity index (χ4v) is 4.70. The zero-order chi connectivity index (χ0) is 19.9. The first-order valence-electron chi connectivity index (χ1n) is 10.4. The normalized spacial score (nSPS) is 21.2. The van der Waals surface area contributed by atoms with Crippen LogP contribution in [0.5, 0.6) is 0 Å². The van der Waals surface area contributed by atoms with Gasteiger partial charge in [-0.2, -0.15) is 0 Å². The van der Waals surface area contributed by atoms with Crippen LogP contribution in [0.3, 0.4) is 0 Å². The number of rotatable bonds is 1. The Morgan fingerprint density at radius 1 is 1.18 bits per heavy atom. The van der Waals surface area contributed by atoms with Crippen LogP contribution in [0.1, 0.15) is 70.4 Å². The Morgan fingerprint density at radius 2 is 1.93 bits per heavy atom. The quantitative estimate of drug-likeness (QED) is 0.754. The van der Waals surface area contributed by atoms with Gasteiger partial charge in [-0.25, -0.2) is 4.79 Å². The molecule has 5 heteroatoms. The summed E-state index contributed by atoms with van der Waals surface area (Å²) in [6.07, 6.45) is 8.02. The fourth-order valence-electron chi connectivity index (χ4n) is 4.70. The van der Waals surface area contributed by atoms with E-state index in [0.717, 1.165) is 43.4 Å². The summed E-state index contributed by atoms with van der Waals surface area (Å²) >= 11 is 0. The van der Waals surface area contributed by atoms with Gasteiger partial charge in [0, 0.05) is 18.8 Å². The Hall–Kier alpha value is -2.30. The van der Waals surface area contributed by atoms with Gasteiger partial charge in [-0.1, -0.05) is 37.5 Å². The molecule has 0 bridgehead atoms. The minimum atomic E-state index is -0.478. The van der Waals surface area contributed by atoms with Gasteiger partial charge in [0.05, 0.1) is 5.41 Å². The Balaban J connectivity index is 1.51. The average molecular weight is 383 g/mol. The molecule has 1 aliphatic carbocycles. The Morgan fingerprint density at radius 3 is 2.57 bits per heavy atom. The molecule has 1 saturated carbocycles. The molecule has 0 aromatic heterocycles. The number of anilines is 1. The van der Waals surface area contributed by atoms with Crippen molar-refractivity contribution in [3.63, 3.8) is 0 Å². The third-order valence-electron chi connectivity index (χ3n) is 6.16. The second-order valence-corrected chi connectivity index (χ2v) is 9.26. The molecule has 0 saturated heterocycles. The van der Waals surface area contributed by atoms with Gasteiger partial charge in [-0.05, 0) is 62.8 Å². The molecule has 1 spiro atoms. The van der Waals surface area contributed by atoms with Gasteiger partial charge in [0.15, 0.2) is 0 Å². The first-order valence-corrected chi connectivity index (χ1v) is 10.4. The van der Waals surface area contributed by atoms with E-state index < -0.39 is 5.60 Å². The summed E-state index contributed by atoms with van der Waals surface area (Å²) in [5.74, 6) is 0.174. The molecule has 1 aromatic carbocycles. The van der Waals surface area contributed by atoms with Gasteiger partial charge in [0.25, 0.3) is 0 Å². The van der Waals surface area contributed by atoms with Crippen molar-refractivity contribution in [2.24, 2.45) is 0 Å². The minimum absolute atomic E-state index is 0.174. The first-order chi connectivity index (χ1) is 13.3. The van der Waals surface area contributed by atoms with Crippen LogP contribution in [0.2, 0.25) is 0 Å². The number of nitrogens with zero attached hydrogens (tertiary/aromatic N) is 1. The molecule has 2 amide bonds. The van der Waals surface area contributed by atoms with Gasteiger partial charge in [0.1, 0.15) is 5.60 Å². The minimum Gasteiger partial charge on any atom is -0.444 e. The maximum atomic E-state index is 12.7. The Bertz CT molecular complexity index is 829. The summed E-state index contributed by atoms with van der Waals surface area (Å²) in [5, 5.41) is 3.14.